The zero-order valence-electron chi connectivity index (χ0n) is 14.0. The summed E-state index contributed by atoms with van der Waals surface area (Å²) in [5, 5.41) is 2.23. The SMILES string of the molecule is CNS(=O)(=O)c1ccc(C(=O)Nc2ccc(Oc3cccc(Br)c3)nc2)o1. The molecule has 1 amide bonds. The molecule has 2 N–H and O–H groups in total. The van der Waals surface area contributed by atoms with Crippen LogP contribution in [0.1, 0.15) is 10.6 Å². The highest BCUT2D eigenvalue weighted by atomic mass is 79.9. The van der Waals surface area contributed by atoms with E-state index in [4.69, 9.17) is 9.15 Å². The quantitative estimate of drug-likeness (QED) is 0.593. The first-order chi connectivity index (χ1) is 12.9. The van der Waals surface area contributed by atoms with Gasteiger partial charge in [0.2, 0.25) is 11.0 Å². The maximum Gasteiger partial charge on any atom is 0.291 e. The number of aromatic nitrogens is 1. The molecule has 8 nitrogen and oxygen atoms in total. The molecule has 0 aliphatic heterocycles. The minimum Gasteiger partial charge on any atom is -0.439 e. The third-order valence-corrected chi connectivity index (χ3v) is 5.13. The van der Waals surface area contributed by atoms with Crippen molar-refractivity contribution in [3.8, 4) is 11.6 Å². The Morgan fingerprint density at radius 2 is 2.00 bits per heavy atom. The van der Waals surface area contributed by atoms with Crippen LogP contribution >= 0.6 is 15.9 Å². The summed E-state index contributed by atoms with van der Waals surface area (Å²) in [6.45, 7) is 0. The number of sulfonamides is 1. The largest absolute Gasteiger partial charge is 0.439 e. The van der Waals surface area contributed by atoms with Crippen molar-refractivity contribution < 1.29 is 22.4 Å². The number of benzene rings is 1. The van der Waals surface area contributed by atoms with Gasteiger partial charge in [0.1, 0.15) is 5.75 Å². The van der Waals surface area contributed by atoms with E-state index in [0.29, 0.717) is 17.3 Å². The number of hydrogen-bond acceptors (Lipinski definition) is 6. The standard InChI is InChI=1S/C17H14BrN3O5S/c1-19-27(23,24)16-8-6-14(26-16)17(22)21-12-5-7-15(20-10-12)25-13-4-2-3-11(18)9-13/h2-10,19H,1H3,(H,21,22). The number of pyridine rings is 1. The molecule has 0 radical (unpaired) electrons. The van der Waals surface area contributed by atoms with Crippen molar-refractivity contribution in [1.29, 1.82) is 0 Å². The van der Waals surface area contributed by atoms with Crippen molar-refractivity contribution in [2.24, 2.45) is 0 Å². The summed E-state index contributed by atoms with van der Waals surface area (Å²) in [6, 6.07) is 13.0. The van der Waals surface area contributed by atoms with E-state index in [1.54, 1.807) is 24.3 Å². The van der Waals surface area contributed by atoms with Gasteiger partial charge in [-0.1, -0.05) is 22.0 Å². The predicted molar refractivity (Wildman–Crippen MR) is 101 cm³/mol. The van der Waals surface area contributed by atoms with Crippen molar-refractivity contribution in [2.75, 3.05) is 12.4 Å². The Morgan fingerprint density at radius 1 is 1.19 bits per heavy atom. The van der Waals surface area contributed by atoms with E-state index in [-0.39, 0.29) is 10.9 Å². The minimum atomic E-state index is -3.75. The topological polar surface area (TPSA) is 111 Å². The number of furan rings is 1. The first-order valence-corrected chi connectivity index (χ1v) is 9.89. The molecule has 3 rings (SSSR count). The molecule has 2 heterocycles. The van der Waals surface area contributed by atoms with Crippen molar-refractivity contribution in [3.05, 3.63) is 65.0 Å². The predicted octanol–water partition coefficient (Wildman–Crippen LogP) is 3.39. The number of halogens is 1. The van der Waals surface area contributed by atoms with Crippen LogP contribution in [0.4, 0.5) is 5.69 Å². The summed E-state index contributed by atoms with van der Waals surface area (Å²) in [5.74, 6) is 0.224. The van der Waals surface area contributed by atoms with Crippen molar-refractivity contribution in [3.63, 3.8) is 0 Å². The van der Waals surface area contributed by atoms with E-state index in [0.717, 1.165) is 4.47 Å². The van der Waals surface area contributed by atoms with Gasteiger partial charge in [-0.05, 0) is 43.4 Å². The average molecular weight is 452 g/mol. The van der Waals surface area contributed by atoms with Gasteiger partial charge in [-0.25, -0.2) is 18.1 Å². The molecule has 140 valence electrons. The lowest BCUT2D eigenvalue weighted by molar-refractivity contribution is 0.0991. The fourth-order valence-electron chi connectivity index (χ4n) is 2.05. The number of amides is 1. The molecule has 0 fully saturated rings. The molecule has 0 spiro atoms. The molecule has 0 atom stereocenters. The fraction of sp³-hybridized carbons (Fsp3) is 0.0588. The van der Waals surface area contributed by atoms with E-state index < -0.39 is 15.9 Å². The summed E-state index contributed by atoms with van der Waals surface area (Å²) in [4.78, 5) is 16.3. The Kier molecular flexibility index (Phi) is 5.59. The summed E-state index contributed by atoms with van der Waals surface area (Å²) < 4.78 is 37.0. The van der Waals surface area contributed by atoms with Crippen LogP contribution in [0.25, 0.3) is 0 Å². The van der Waals surface area contributed by atoms with Gasteiger partial charge in [0.15, 0.2) is 5.76 Å². The molecule has 0 aliphatic rings. The highest BCUT2D eigenvalue weighted by molar-refractivity contribution is 9.10. The Morgan fingerprint density at radius 3 is 2.67 bits per heavy atom. The van der Waals surface area contributed by atoms with Gasteiger partial charge in [0, 0.05) is 10.5 Å². The van der Waals surface area contributed by atoms with E-state index in [1.807, 2.05) is 12.1 Å². The summed E-state index contributed by atoms with van der Waals surface area (Å²) in [6.07, 6.45) is 1.42. The molecule has 0 unspecified atom stereocenters. The van der Waals surface area contributed by atoms with Crippen LogP contribution in [0.3, 0.4) is 0 Å². The molecule has 2 aromatic heterocycles. The zero-order chi connectivity index (χ0) is 19.4. The number of ether oxygens (including phenoxy) is 1. The van der Waals surface area contributed by atoms with Crippen LogP contribution in [-0.4, -0.2) is 26.4 Å². The smallest absolute Gasteiger partial charge is 0.291 e. The molecule has 1 aromatic carbocycles. The van der Waals surface area contributed by atoms with Crippen molar-refractivity contribution >= 4 is 37.5 Å². The normalized spacial score (nSPS) is 11.2. The third kappa shape index (κ3) is 4.73. The maximum atomic E-state index is 12.2. The Balaban J connectivity index is 1.67. The van der Waals surface area contributed by atoms with Gasteiger partial charge >= 0.3 is 0 Å². The number of carbonyl (C=O) groups excluding carboxylic acids is 1. The lowest BCUT2D eigenvalue weighted by Gasteiger charge is -2.07. The summed E-state index contributed by atoms with van der Waals surface area (Å²) in [7, 11) is -2.50. The number of anilines is 1. The molecule has 10 heteroatoms. The van der Waals surface area contributed by atoms with Crippen LogP contribution in [0.5, 0.6) is 11.6 Å². The lowest BCUT2D eigenvalue weighted by atomic mass is 10.3. The molecule has 3 aromatic rings. The second kappa shape index (κ2) is 7.91. The number of nitrogens with zero attached hydrogens (tertiary/aromatic N) is 1. The number of carbonyl (C=O) groups is 1. The number of hydrogen-bond donors (Lipinski definition) is 2. The molecule has 27 heavy (non-hydrogen) atoms. The Bertz CT molecular complexity index is 1060. The number of nitrogens with one attached hydrogen (secondary N) is 2. The number of rotatable bonds is 6. The van der Waals surface area contributed by atoms with Crippen molar-refractivity contribution in [1.82, 2.24) is 9.71 Å². The first-order valence-electron chi connectivity index (χ1n) is 7.61. The minimum absolute atomic E-state index is 0.140. The molecule has 0 saturated heterocycles. The average Bonchev–Trinajstić information content (AvgIpc) is 3.15. The fourth-order valence-corrected chi connectivity index (χ4v) is 3.07. The zero-order valence-corrected chi connectivity index (χ0v) is 16.4. The van der Waals surface area contributed by atoms with E-state index in [1.165, 1.54) is 25.4 Å². The highest BCUT2D eigenvalue weighted by Gasteiger charge is 2.19. The van der Waals surface area contributed by atoms with E-state index in [2.05, 4.69) is 31.0 Å². The van der Waals surface area contributed by atoms with E-state index in [9.17, 15) is 13.2 Å². The van der Waals surface area contributed by atoms with Gasteiger partial charge < -0.3 is 14.5 Å². The monoisotopic (exact) mass is 451 g/mol. The summed E-state index contributed by atoms with van der Waals surface area (Å²) in [5.41, 5.74) is 0.399. The van der Waals surface area contributed by atoms with Gasteiger partial charge in [0.05, 0.1) is 11.9 Å². The van der Waals surface area contributed by atoms with Gasteiger partial charge in [-0.15, -0.1) is 0 Å². The van der Waals surface area contributed by atoms with Crippen LogP contribution in [0, 0.1) is 0 Å². The van der Waals surface area contributed by atoms with Crippen LogP contribution in [-0.2, 0) is 10.0 Å². The van der Waals surface area contributed by atoms with Crippen LogP contribution in [0.15, 0.2) is 68.7 Å². The molecule has 0 saturated carbocycles. The highest BCUT2D eigenvalue weighted by Crippen LogP contribution is 2.24. The molecule has 0 bridgehead atoms. The summed E-state index contributed by atoms with van der Waals surface area (Å²) >= 11 is 3.36. The van der Waals surface area contributed by atoms with Gasteiger partial charge in [-0.3, -0.25) is 4.79 Å². The van der Waals surface area contributed by atoms with Gasteiger partial charge in [0.25, 0.3) is 15.9 Å². The first kappa shape index (κ1) is 19.1. The molecular weight excluding hydrogens is 438 g/mol. The van der Waals surface area contributed by atoms with Crippen LogP contribution < -0.4 is 14.8 Å². The molecular formula is C17H14BrN3O5S. The Labute approximate surface area is 163 Å². The maximum absolute atomic E-state index is 12.2. The van der Waals surface area contributed by atoms with Crippen LogP contribution in [0.2, 0.25) is 0 Å². The van der Waals surface area contributed by atoms with Gasteiger partial charge in [-0.2, -0.15) is 0 Å². The Hall–Kier alpha value is -2.69. The second-order valence-corrected chi connectivity index (χ2v) is 7.96. The third-order valence-electron chi connectivity index (χ3n) is 3.35. The second-order valence-electron chi connectivity index (χ2n) is 5.22. The van der Waals surface area contributed by atoms with Crippen molar-refractivity contribution in [2.45, 2.75) is 5.09 Å². The van der Waals surface area contributed by atoms with E-state index >= 15 is 0 Å². The lowest BCUT2D eigenvalue weighted by Crippen LogP contribution is -2.18. The molecule has 0 aliphatic carbocycles.